The molecule has 0 saturated carbocycles. The van der Waals surface area contributed by atoms with Crippen LogP contribution in [0.25, 0.3) is 0 Å². The van der Waals surface area contributed by atoms with Crippen LogP contribution in [0.5, 0.6) is 0 Å². The number of carbonyl (C=O) groups excluding carboxylic acids is 1. The van der Waals surface area contributed by atoms with Gasteiger partial charge in [0.2, 0.25) is 0 Å². The molecule has 0 saturated heterocycles. The van der Waals surface area contributed by atoms with Crippen LogP contribution in [0.15, 0.2) is 36.4 Å². The Bertz CT molecular complexity index is 753. The quantitative estimate of drug-likeness (QED) is 0.674. The van der Waals surface area contributed by atoms with Crippen molar-refractivity contribution in [3.63, 3.8) is 0 Å². The van der Waals surface area contributed by atoms with Gasteiger partial charge in [0.1, 0.15) is 0 Å². The molecular weight excluding hydrogens is 332 g/mol. The second-order valence-electron chi connectivity index (χ2n) is 6.39. The monoisotopic (exact) mass is 358 g/mol. The van der Waals surface area contributed by atoms with Crippen molar-refractivity contribution in [2.24, 2.45) is 7.05 Å². The number of aliphatic carboxylic acids is 1. The average Bonchev–Trinajstić information content (AvgIpc) is 2.92. The summed E-state index contributed by atoms with van der Waals surface area (Å²) >= 11 is 0. The number of rotatable bonds is 9. The smallest absolute Gasteiger partial charge is 0.339 e. The van der Waals surface area contributed by atoms with E-state index in [0.29, 0.717) is 18.5 Å². The molecule has 1 aromatic heterocycles. The Balaban J connectivity index is 2.08. The van der Waals surface area contributed by atoms with Crippen LogP contribution in [0.4, 0.5) is 0 Å². The molecule has 0 bridgehead atoms. The molecule has 26 heavy (non-hydrogen) atoms. The Kier molecular flexibility index (Phi) is 6.97. The van der Waals surface area contributed by atoms with E-state index < -0.39 is 5.97 Å². The van der Waals surface area contributed by atoms with Crippen molar-refractivity contribution < 1.29 is 19.4 Å². The predicted molar refractivity (Wildman–Crippen MR) is 99.1 cm³/mol. The van der Waals surface area contributed by atoms with Crippen LogP contribution >= 0.6 is 0 Å². The van der Waals surface area contributed by atoms with Crippen LogP contribution in [0.3, 0.4) is 0 Å². The standard InChI is InChI=1S/C20H26N2O4/c1-14-18(20(25)26-3)12-17(22(14)2)13-21-16(9-10-19(23)24)11-15-7-5-4-6-8-15/h4-8,12,16,21H,9-11,13H2,1-3H3,(H,23,24). The molecule has 0 aliphatic carbocycles. The van der Waals surface area contributed by atoms with E-state index in [1.807, 2.05) is 54.9 Å². The normalized spacial score (nSPS) is 12.0. The maximum atomic E-state index is 11.8. The second kappa shape index (κ2) is 9.20. The Morgan fingerprint density at radius 3 is 2.58 bits per heavy atom. The number of methoxy groups -OCH3 is 1. The lowest BCUT2D eigenvalue weighted by atomic mass is 10.0. The number of ether oxygens (including phenoxy) is 1. The van der Waals surface area contributed by atoms with Crippen molar-refractivity contribution >= 4 is 11.9 Å². The molecule has 0 fully saturated rings. The zero-order chi connectivity index (χ0) is 19.1. The minimum atomic E-state index is -0.799. The van der Waals surface area contributed by atoms with Gasteiger partial charge in [0, 0.05) is 37.4 Å². The summed E-state index contributed by atoms with van der Waals surface area (Å²) in [5, 5.41) is 12.4. The second-order valence-corrected chi connectivity index (χ2v) is 6.39. The summed E-state index contributed by atoms with van der Waals surface area (Å²) in [6.45, 7) is 2.42. The van der Waals surface area contributed by atoms with Crippen molar-refractivity contribution in [3.05, 3.63) is 58.9 Å². The molecule has 2 N–H and O–H groups in total. The SMILES string of the molecule is COC(=O)c1cc(CNC(CCC(=O)O)Cc2ccccc2)n(C)c1C. The number of carbonyl (C=O) groups is 2. The average molecular weight is 358 g/mol. The zero-order valence-corrected chi connectivity index (χ0v) is 15.5. The van der Waals surface area contributed by atoms with Crippen molar-refractivity contribution in [2.75, 3.05) is 7.11 Å². The van der Waals surface area contributed by atoms with Gasteiger partial charge in [-0.1, -0.05) is 30.3 Å². The third-order valence-corrected chi connectivity index (χ3v) is 4.64. The molecular formula is C20H26N2O4. The van der Waals surface area contributed by atoms with Gasteiger partial charge in [-0.3, -0.25) is 4.79 Å². The Hall–Kier alpha value is -2.60. The van der Waals surface area contributed by atoms with Crippen LogP contribution < -0.4 is 5.32 Å². The molecule has 1 aromatic carbocycles. The van der Waals surface area contributed by atoms with Crippen molar-refractivity contribution in [1.82, 2.24) is 9.88 Å². The van der Waals surface area contributed by atoms with Gasteiger partial charge in [-0.2, -0.15) is 0 Å². The Labute approximate surface area is 153 Å². The molecule has 0 aliphatic heterocycles. The first-order chi connectivity index (χ1) is 12.4. The van der Waals surface area contributed by atoms with Gasteiger partial charge in [0.25, 0.3) is 0 Å². The number of carboxylic acids is 1. The lowest BCUT2D eigenvalue weighted by molar-refractivity contribution is -0.137. The van der Waals surface area contributed by atoms with E-state index in [-0.39, 0.29) is 18.4 Å². The fourth-order valence-corrected chi connectivity index (χ4v) is 2.97. The van der Waals surface area contributed by atoms with Crippen LogP contribution in [0.2, 0.25) is 0 Å². The van der Waals surface area contributed by atoms with Gasteiger partial charge in [-0.15, -0.1) is 0 Å². The van der Waals surface area contributed by atoms with Gasteiger partial charge >= 0.3 is 11.9 Å². The molecule has 0 amide bonds. The van der Waals surface area contributed by atoms with Crippen LogP contribution in [0, 0.1) is 6.92 Å². The third kappa shape index (κ3) is 5.20. The van der Waals surface area contributed by atoms with Crippen LogP contribution in [-0.4, -0.2) is 34.8 Å². The maximum Gasteiger partial charge on any atom is 0.339 e. The van der Waals surface area contributed by atoms with Crippen LogP contribution in [0.1, 0.15) is 40.2 Å². The zero-order valence-electron chi connectivity index (χ0n) is 15.5. The topological polar surface area (TPSA) is 80.6 Å². The van der Waals surface area contributed by atoms with E-state index in [1.165, 1.54) is 7.11 Å². The summed E-state index contributed by atoms with van der Waals surface area (Å²) in [5.74, 6) is -1.15. The highest BCUT2D eigenvalue weighted by atomic mass is 16.5. The molecule has 6 nitrogen and oxygen atoms in total. The summed E-state index contributed by atoms with van der Waals surface area (Å²) < 4.78 is 6.77. The minimum Gasteiger partial charge on any atom is -0.481 e. The lowest BCUT2D eigenvalue weighted by Gasteiger charge is -2.19. The molecule has 1 unspecified atom stereocenters. The molecule has 2 rings (SSSR count). The number of nitrogens with one attached hydrogen (secondary N) is 1. The highest BCUT2D eigenvalue weighted by Crippen LogP contribution is 2.16. The molecule has 0 aliphatic rings. The lowest BCUT2D eigenvalue weighted by Crippen LogP contribution is -2.32. The fraction of sp³-hybridized carbons (Fsp3) is 0.400. The number of hydrogen-bond donors (Lipinski definition) is 2. The molecule has 1 atom stereocenters. The number of nitrogens with zero attached hydrogens (tertiary/aromatic N) is 1. The summed E-state index contributed by atoms with van der Waals surface area (Å²) in [7, 11) is 3.27. The number of carboxylic acid groups (broad SMARTS) is 1. The molecule has 6 heteroatoms. The van der Waals surface area contributed by atoms with Gasteiger partial charge in [0.15, 0.2) is 0 Å². The summed E-state index contributed by atoms with van der Waals surface area (Å²) in [6.07, 6.45) is 1.41. The number of aromatic nitrogens is 1. The molecule has 2 aromatic rings. The van der Waals surface area contributed by atoms with Gasteiger partial charge in [-0.05, 0) is 31.4 Å². The molecule has 0 spiro atoms. The van der Waals surface area contributed by atoms with E-state index in [0.717, 1.165) is 23.4 Å². The Morgan fingerprint density at radius 1 is 1.27 bits per heavy atom. The first-order valence-electron chi connectivity index (χ1n) is 8.65. The van der Waals surface area contributed by atoms with E-state index in [2.05, 4.69) is 5.32 Å². The molecule has 1 heterocycles. The van der Waals surface area contributed by atoms with Crippen molar-refractivity contribution in [2.45, 2.75) is 38.8 Å². The minimum absolute atomic E-state index is 0.0327. The predicted octanol–water partition coefficient (Wildman–Crippen LogP) is 2.69. The van der Waals surface area contributed by atoms with Crippen molar-refractivity contribution in [1.29, 1.82) is 0 Å². The summed E-state index contributed by atoms with van der Waals surface area (Å²) in [5.41, 5.74) is 3.51. The van der Waals surface area contributed by atoms with E-state index in [9.17, 15) is 9.59 Å². The highest BCUT2D eigenvalue weighted by Gasteiger charge is 2.17. The van der Waals surface area contributed by atoms with E-state index in [4.69, 9.17) is 9.84 Å². The van der Waals surface area contributed by atoms with E-state index in [1.54, 1.807) is 0 Å². The Morgan fingerprint density at radius 2 is 1.96 bits per heavy atom. The summed E-state index contributed by atoms with van der Waals surface area (Å²) in [4.78, 5) is 22.8. The van der Waals surface area contributed by atoms with E-state index >= 15 is 0 Å². The van der Waals surface area contributed by atoms with Crippen LogP contribution in [-0.2, 0) is 29.5 Å². The number of benzene rings is 1. The van der Waals surface area contributed by atoms with Crippen molar-refractivity contribution in [3.8, 4) is 0 Å². The first kappa shape index (κ1) is 19.7. The summed E-state index contributed by atoms with van der Waals surface area (Å²) in [6, 6.07) is 11.9. The van der Waals surface area contributed by atoms with Gasteiger partial charge in [-0.25, -0.2) is 4.79 Å². The van der Waals surface area contributed by atoms with Gasteiger partial charge < -0.3 is 19.7 Å². The largest absolute Gasteiger partial charge is 0.481 e. The highest BCUT2D eigenvalue weighted by molar-refractivity contribution is 5.91. The fourth-order valence-electron chi connectivity index (χ4n) is 2.97. The molecule has 0 radical (unpaired) electrons. The number of esters is 1. The third-order valence-electron chi connectivity index (χ3n) is 4.64. The van der Waals surface area contributed by atoms with Gasteiger partial charge in [0.05, 0.1) is 12.7 Å². The molecule has 140 valence electrons. The number of hydrogen-bond acceptors (Lipinski definition) is 4. The first-order valence-corrected chi connectivity index (χ1v) is 8.65. The maximum absolute atomic E-state index is 11.8.